The van der Waals surface area contributed by atoms with Crippen LogP contribution in [-0.4, -0.2) is 22.1 Å². The fourth-order valence-corrected chi connectivity index (χ4v) is 2.84. The van der Waals surface area contributed by atoms with E-state index in [1.54, 1.807) is 6.07 Å². The Kier molecular flexibility index (Phi) is 4.65. The lowest BCUT2D eigenvalue weighted by Gasteiger charge is -2.10. The van der Waals surface area contributed by atoms with Crippen molar-refractivity contribution in [1.82, 2.24) is 9.55 Å². The Morgan fingerprint density at radius 1 is 1.12 bits per heavy atom. The molecule has 0 spiro atoms. The molecule has 1 heterocycles. The van der Waals surface area contributed by atoms with E-state index < -0.39 is 0 Å². The Hall–Kier alpha value is -2.62. The normalized spacial score (nSPS) is 11.0. The number of hydrogen-bond donors (Lipinski definition) is 0. The van der Waals surface area contributed by atoms with Crippen LogP contribution in [0.5, 0.6) is 0 Å². The zero-order valence-corrected chi connectivity index (χ0v) is 14.4. The molecule has 24 heavy (non-hydrogen) atoms. The number of esters is 1. The van der Waals surface area contributed by atoms with Crippen LogP contribution >= 0.6 is 0 Å². The lowest BCUT2D eigenvalue weighted by molar-refractivity contribution is 0.0526. The molecular weight excluding hydrogens is 300 g/mol. The largest absolute Gasteiger partial charge is 0.462 e. The molecule has 0 radical (unpaired) electrons. The van der Waals surface area contributed by atoms with Crippen LogP contribution in [0, 0.1) is 6.92 Å². The standard InChI is InChI=1S/C20H22N2O2/c1-4-6-19-21-17-12-9-15(20(23)24-5-2)13-18(17)22(19)16-10-7-14(3)8-11-16/h7-13H,4-6H2,1-3H3. The third kappa shape index (κ3) is 3.04. The van der Waals surface area contributed by atoms with Crippen molar-refractivity contribution in [3.63, 3.8) is 0 Å². The second-order valence-corrected chi connectivity index (χ2v) is 5.87. The van der Waals surface area contributed by atoms with E-state index in [9.17, 15) is 4.79 Å². The van der Waals surface area contributed by atoms with Crippen LogP contribution in [0.1, 0.15) is 42.0 Å². The number of carbonyl (C=O) groups is 1. The fraction of sp³-hybridized carbons (Fsp3) is 0.300. The molecule has 124 valence electrons. The SMILES string of the molecule is CCCc1nc2ccc(C(=O)OCC)cc2n1-c1ccc(C)cc1. The summed E-state index contributed by atoms with van der Waals surface area (Å²) in [5.41, 5.74) is 4.67. The highest BCUT2D eigenvalue weighted by Crippen LogP contribution is 2.24. The quantitative estimate of drug-likeness (QED) is 0.651. The molecular formula is C20H22N2O2. The Morgan fingerprint density at radius 2 is 1.88 bits per heavy atom. The number of imidazole rings is 1. The maximum absolute atomic E-state index is 12.1. The molecule has 2 aromatic carbocycles. The first-order chi connectivity index (χ1) is 11.6. The van der Waals surface area contributed by atoms with Crippen LogP contribution in [0.3, 0.4) is 0 Å². The number of nitrogens with zero attached hydrogens (tertiary/aromatic N) is 2. The molecule has 0 aliphatic carbocycles. The average Bonchev–Trinajstić information content (AvgIpc) is 2.93. The molecule has 0 aliphatic heterocycles. The highest BCUT2D eigenvalue weighted by atomic mass is 16.5. The molecule has 0 unspecified atom stereocenters. The Balaban J connectivity index is 2.18. The number of aryl methyl sites for hydroxylation is 2. The number of aromatic nitrogens is 2. The van der Waals surface area contributed by atoms with Gasteiger partial charge in [0.1, 0.15) is 5.82 Å². The van der Waals surface area contributed by atoms with E-state index in [0.717, 1.165) is 35.4 Å². The first-order valence-electron chi connectivity index (χ1n) is 8.39. The Labute approximate surface area is 142 Å². The molecule has 3 rings (SSSR count). The van der Waals surface area contributed by atoms with Crippen molar-refractivity contribution >= 4 is 17.0 Å². The summed E-state index contributed by atoms with van der Waals surface area (Å²) in [6.45, 7) is 6.39. The summed E-state index contributed by atoms with van der Waals surface area (Å²) in [5.74, 6) is 0.713. The monoisotopic (exact) mass is 322 g/mol. The van der Waals surface area contributed by atoms with E-state index in [4.69, 9.17) is 9.72 Å². The third-order valence-electron chi connectivity index (χ3n) is 4.00. The van der Waals surface area contributed by atoms with Crippen molar-refractivity contribution < 1.29 is 9.53 Å². The van der Waals surface area contributed by atoms with Crippen LogP contribution in [0.2, 0.25) is 0 Å². The van der Waals surface area contributed by atoms with Crippen LogP contribution in [0.4, 0.5) is 0 Å². The molecule has 4 heteroatoms. The predicted molar refractivity (Wildman–Crippen MR) is 95.8 cm³/mol. The second kappa shape index (κ2) is 6.87. The molecule has 0 N–H and O–H groups in total. The van der Waals surface area contributed by atoms with E-state index in [2.05, 4.69) is 42.7 Å². The van der Waals surface area contributed by atoms with Gasteiger partial charge in [-0.3, -0.25) is 4.57 Å². The van der Waals surface area contributed by atoms with Gasteiger partial charge in [0.2, 0.25) is 0 Å². The smallest absolute Gasteiger partial charge is 0.338 e. The molecule has 0 aliphatic rings. The van der Waals surface area contributed by atoms with Crippen molar-refractivity contribution in [1.29, 1.82) is 0 Å². The van der Waals surface area contributed by atoms with Gasteiger partial charge < -0.3 is 4.74 Å². The van der Waals surface area contributed by atoms with Crippen molar-refractivity contribution in [2.75, 3.05) is 6.61 Å². The van der Waals surface area contributed by atoms with Gasteiger partial charge in [-0.25, -0.2) is 9.78 Å². The highest BCUT2D eigenvalue weighted by molar-refractivity contribution is 5.94. The van der Waals surface area contributed by atoms with E-state index in [1.807, 2.05) is 19.1 Å². The van der Waals surface area contributed by atoms with Gasteiger partial charge in [0.25, 0.3) is 0 Å². The van der Waals surface area contributed by atoms with E-state index in [-0.39, 0.29) is 5.97 Å². The van der Waals surface area contributed by atoms with E-state index in [1.165, 1.54) is 5.56 Å². The van der Waals surface area contributed by atoms with E-state index >= 15 is 0 Å². The molecule has 0 saturated heterocycles. The van der Waals surface area contributed by atoms with Gasteiger partial charge in [0.15, 0.2) is 0 Å². The maximum atomic E-state index is 12.1. The van der Waals surface area contributed by atoms with Crippen molar-refractivity contribution in [3.8, 4) is 5.69 Å². The third-order valence-corrected chi connectivity index (χ3v) is 4.00. The summed E-state index contributed by atoms with van der Waals surface area (Å²) in [4.78, 5) is 16.8. The summed E-state index contributed by atoms with van der Waals surface area (Å²) >= 11 is 0. The lowest BCUT2D eigenvalue weighted by atomic mass is 10.2. The van der Waals surface area contributed by atoms with Gasteiger partial charge in [-0.15, -0.1) is 0 Å². The van der Waals surface area contributed by atoms with Gasteiger partial charge >= 0.3 is 5.97 Å². The molecule has 3 aromatic rings. The van der Waals surface area contributed by atoms with Crippen molar-refractivity contribution in [2.24, 2.45) is 0 Å². The topological polar surface area (TPSA) is 44.1 Å². The minimum atomic E-state index is -0.298. The number of carbonyl (C=O) groups excluding carboxylic acids is 1. The molecule has 1 aromatic heterocycles. The summed E-state index contributed by atoms with van der Waals surface area (Å²) in [5, 5.41) is 0. The summed E-state index contributed by atoms with van der Waals surface area (Å²) < 4.78 is 7.26. The van der Waals surface area contributed by atoms with Gasteiger partial charge in [-0.1, -0.05) is 24.6 Å². The first kappa shape index (κ1) is 16.2. The number of rotatable bonds is 5. The van der Waals surface area contributed by atoms with Crippen LogP contribution < -0.4 is 0 Å². The molecule has 0 fully saturated rings. The zero-order chi connectivity index (χ0) is 17.1. The van der Waals surface area contributed by atoms with Gasteiger partial charge in [0.05, 0.1) is 23.2 Å². The van der Waals surface area contributed by atoms with Gasteiger partial charge in [-0.05, 0) is 50.6 Å². The first-order valence-corrected chi connectivity index (χ1v) is 8.39. The number of hydrogen-bond acceptors (Lipinski definition) is 3. The fourth-order valence-electron chi connectivity index (χ4n) is 2.84. The molecule has 4 nitrogen and oxygen atoms in total. The minimum Gasteiger partial charge on any atom is -0.462 e. The molecule has 0 atom stereocenters. The van der Waals surface area contributed by atoms with E-state index in [0.29, 0.717) is 12.2 Å². The highest BCUT2D eigenvalue weighted by Gasteiger charge is 2.15. The number of fused-ring (bicyclic) bond motifs is 1. The predicted octanol–water partition coefficient (Wildman–Crippen LogP) is 4.46. The second-order valence-electron chi connectivity index (χ2n) is 5.87. The van der Waals surface area contributed by atoms with Crippen LogP contribution in [-0.2, 0) is 11.2 Å². The van der Waals surface area contributed by atoms with Crippen LogP contribution in [0.15, 0.2) is 42.5 Å². The number of benzene rings is 2. The summed E-state index contributed by atoms with van der Waals surface area (Å²) in [7, 11) is 0. The molecule has 0 amide bonds. The summed E-state index contributed by atoms with van der Waals surface area (Å²) in [6, 6.07) is 13.9. The Morgan fingerprint density at radius 3 is 2.54 bits per heavy atom. The zero-order valence-electron chi connectivity index (χ0n) is 14.4. The van der Waals surface area contributed by atoms with Crippen LogP contribution in [0.25, 0.3) is 16.7 Å². The lowest BCUT2D eigenvalue weighted by Crippen LogP contribution is -2.05. The average molecular weight is 322 g/mol. The van der Waals surface area contributed by atoms with Crippen molar-refractivity contribution in [3.05, 3.63) is 59.4 Å². The van der Waals surface area contributed by atoms with Gasteiger partial charge in [-0.2, -0.15) is 0 Å². The summed E-state index contributed by atoms with van der Waals surface area (Å²) in [6.07, 6.45) is 1.90. The Bertz CT molecular complexity index is 863. The number of ether oxygens (including phenoxy) is 1. The molecule has 0 bridgehead atoms. The maximum Gasteiger partial charge on any atom is 0.338 e. The van der Waals surface area contributed by atoms with Crippen molar-refractivity contribution in [2.45, 2.75) is 33.6 Å². The minimum absolute atomic E-state index is 0.298. The van der Waals surface area contributed by atoms with Gasteiger partial charge in [0, 0.05) is 12.1 Å². The molecule has 0 saturated carbocycles.